The van der Waals surface area contributed by atoms with Crippen LogP contribution in [0.25, 0.3) is 111 Å². The third-order valence-corrected chi connectivity index (χ3v) is 24.0. The monoisotopic (exact) mass is 1830 g/mol. The standard InChI is InChI=1S/C19H19NO.C18H19NO.C17H19F2N3.C17H18N4.C15H18N4.C15H18N2O.C14H18N2/c1-19(2,3)17-9-5-8-16(12-17)18(21)11-14-6-4-7-15(10-14)13-20;1-13(2)19-11-10-15-4-5-16(12-18(15)19)14-6-8-17(20-3)9-7-14;1-10(2)22-11(3)5-12-6-14(13-8-20-21(4)9-13)15(17(18)19)7-16(12)22;1-11(2)21-12(3)5-13-6-16(14(8-18)7-17(13)21)15-9-19-20(4)10-15;1-10(2)19-11(3)5-12-6-14(16-8-15(12)19)13-7-17-18(4)9-13;1-15(2,3)14(18)12-7-5-11(6-8-12)13-9-16-17(4)10-13;1-14(2,3)13-7-5-6-11(8-13)12-9-15-16(4)10-12/h4-10,12H,11H2,1-3H3;4-13H,1-3H3;5-10,17H,1-4H3;5-7,9-11H,1-4H3;5-10H,1-4H3;5-10H,1-4H3;5-10H,1-4H3. The second-order valence-corrected chi connectivity index (χ2v) is 39.3. The van der Waals surface area contributed by atoms with Crippen molar-refractivity contribution < 1.29 is 23.1 Å². The molecular weight excluding hydrogens is 1710 g/mol. The van der Waals surface area contributed by atoms with E-state index in [9.17, 15) is 23.6 Å². The maximum atomic E-state index is 13.6. The van der Waals surface area contributed by atoms with E-state index in [-0.39, 0.29) is 39.4 Å². The van der Waals surface area contributed by atoms with Gasteiger partial charge in [-0.2, -0.15) is 36.0 Å². The molecule has 18 aromatic rings. The number of hydrogen-bond acceptors (Lipinski definition) is 11. The first-order chi connectivity index (χ1) is 64.9. The molecule has 706 valence electrons. The first-order valence-electron chi connectivity index (χ1n) is 46.4. The lowest BCUT2D eigenvalue weighted by molar-refractivity contribution is 0.0858. The number of fused-ring (bicyclic) bond motifs is 4. The third kappa shape index (κ3) is 24.8. The number of methoxy groups -OCH3 is 1. The van der Waals surface area contributed by atoms with Gasteiger partial charge in [0.25, 0.3) is 6.43 Å². The molecule has 0 aliphatic heterocycles. The fourth-order valence-electron chi connectivity index (χ4n) is 17.1. The molecule has 8 aromatic carbocycles. The molecule has 0 N–H and O–H groups in total. The number of halogens is 2. The van der Waals surface area contributed by atoms with Gasteiger partial charge in [0.15, 0.2) is 11.6 Å². The van der Waals surface area contributed by atoms with E-state index in [1.807, 2.05) is 201 Å². The summed E-state index contributed by atoms with van der Waals surface area (Å²) in [6.45, 7) is 42.4. The summed E-state index contributed by atoms with van der Waals surface area (Å²) < 4.78 is 50.1. The summed E-state index contributed by atoms with van der Waals surface area (Å²) in [6.07, 6.45) is 20.6. The Labute approximate surface area is 805 Å². The summed E-state index contributed by atoms with van der Waals surface area (Å²) in [5.41, 5.74) is 26.3. The number of aryl methyl sites for hydroxylation is 8. The number of carbonyl (C=O) groups excluding carboxylic acids is 2. The van der Waals surface area contributed by atoms with Gasteiger partial charge in [-0.25, -0.2) is 8.78 Å². The van der Waals surface area contributed by atoms with Gasteiger partial charge >= 0.3 is 0 Å². The summed E-state index contributed by atoms with van der Waals surface area (Å²) in [6, 6.07) is 70.5. The molecule has 18 rings (SSSR count). The first-order valence-corrected chi connectivity index (χ1v) is 46.4. The molecule has 10 aromatic heterocycles. The zero-order valence-corrected chi connectivity index (χ0v) is 84.1. The molecule has 0 unspecified atom stereocenters. The Kier molecular flexibility index (Phi) is 31.9. The maximum Gasteiger partial charge on any atom is 0.264 e. The zero-order valence-electron chi connectivity index (χ0n) is 84.1. The predicted molar refractivity (Wildman–Crippen MR) is 554 cm³/mol. The number of nitrogens with zero attached hydrogens (tertiary/aromatic N) is 17. The van der Waals surface area contributed by atoms with Crippen molar-refractivity contribution in [3.8, 4) is 84.8 Å². The minimum atomic E-state index is -2.52. The van der Waals surface area contributed by atoms with E-state index in [0.29, 0.717) is 41.2 Å². The average molecular weight is 1840 g/mol. The number of alkyl halides is 2. The van der Waals surface area contributed by atoms with Crippen LogP contribution in [0.5, 0.6) is 5.75 Å². The Hall–Kier alpha value is -14.9. The molecule has 0 aliphatic carbocycles. The quantitative estimate of drug-likeness (QED) is 0.0830. The lowest BCUT2D eigenvalue weighted by Gasteiger charge is -2.19. The third-order valence-electron chi connectivity index (χ3n) is 24.0. The number of ether oxygens (including phenoxy) is 1. The van der Waals surface area contributed by atoms with Crippen LogP contribution in [0.4, 0.5) is 8.78 Å². The van der Waals surface area contributed by atoms with Crippen molar-refractivity contribution in [3.05, 3.63) is 330 Å². The van der Waals surface area contributed by atoms with Crippen LogP contribution >= 0.6 is 0 Å². The van der Waals surface area contributed by atoms with Crippen LogP contribution in [0, 0.1) is 48.8 Å². The molecule has 20 nitrogen and oxygen atoms in total. The van der Waals surface area contributed by atoms with Crippen LogP contribution in [0.2, 0.25) is 0 Å². The molecule has 0 atom stereocenters. The summed E-state index contributed by atoms with van der Waals surface area (Å²) in [4.78, 5) is 29.1. The Morgan fingerprint density at radius 2 is 0.854 bits per heavy atom. The van der Waals surface area contributed by atoms with E-state index in [2.05, 4.69) is 263 Å². The zero-order chi connectivity index (χ0) is 99.4. The minimum absolute atomic E-state index is 0.0248. The molecule has 10 heterocycles. The minimum Gasteiger partial charge on any atom is -0.497 e. The summed E-state index contributed by atoms with van der Waals surface area (Å²) in [5.74, 6) is 1.14. The number of ketones is 2. The van der Waals surface area contributed by atoms with Gasteiger partial charge in [-0.1, -0.05) is 165 Å². The van der Waals surface area contributed by atoms with Crippen molar-refractivity contribution in [2.24, 2.45) is 40.7 Å². The van der Waals surface area contributed by atoms with E-state index < -0.39 is 6.43 Å². The maximum absolute atomic E-state index is 13.6. The number of aromatic nitrogens is 15. The van der Waals surface area contributed by atoms with E-state index in [1.54, 1.807) is 69.7 Å². The van der Waals surface area contributed by atoms with Crippen molar-refractivity contribution in [2.45, 2.75) is 186 Å². The van der Waals surface area contributed by atoms with Gasteiger partial charge in [0.2, 0.25) is 0 Å². The van der Waals surface area contributed by atoms with Crippen LogP contribution in [-0.4, -0.2) is 90.8 Å². The number of Topliss-reactive ketones (excluding diaryl/α,β-unsaturated/α-hetero) is 2. The number of pyridine rings is 1. The highest BCUT2D eigenvalue weighted by Crippen LogP contribution is 2.39. The molecule has 0 saturated heterocycles. The second kappa shape index (κ2) is 43.2. The lowest BCUT2D eigenvalue weighted by atomic mass is 9.85. The molecule has 0 aliphatic rings. The van der Waals surface area contributed by atoms with Crippen molar-refractivity contribution >= 4 is 55.2 Å². The molecule has 0 bridgehead atoms. The Morgan fingerprint density at radius 3 is 1.34 bits per heavy atom. The summed E-state index contributed by atoms with van der Waals surface area (Å²) >= 11 is 0. The summed E-state index contributed by atoms with van der Waals surface area (Å²) in [7, 11) is 11.1. The lowest BCUT2D eigenvalue weighted by Crippen LogP contribution is -2.19. The predicted octanol–water partition coefficient (Wildman–Crippen LogP) is 27.9. The van der Waals surface area contributed by atoms with E-state index in [1.165, 1.54) is 66.4 Å². The highest BCUT2D eigenvalue weighted by Gasteiger charge is 2.25. The van der Waals surface area contributed by atoms with Gasteiger partial charge in [-0.05, 0) is 228 Å². The Bertz CT molecular complexity index is 7330. The van der Waals surface area contributed by atoms with Crippen molar-refractivity contribution in [1.82, 2.24) is 72.2 Å². The van der Waals surface area contributed by atoms with Crippen LogP contribution in [0.15, 0.2) is 268 Å². The topological polar surface area (TPSA) is 213 Å². The first kappa shape index (κ1) is 101. The average Bonchev–Trinajstić information content (AvgIpc) is 1.62. The molecule has 0 amide bonds. The molecule has 0 saturated carbocycles. The van der Waals surface area contributed by atoms with Crippen molar-refractivity contribution in [2.75, 3.05) is 7.11 Å². The molecule has 22 heteroatoms. The highest BCUT2D eigenvalue weighted by molar-refractivity contribution is 6.00. The molecule has 0 radical (unpaired) electrons. The van der Waals surface area contributed by atoms with E-state index in [4.69, 9.17) is 10.00 Å². The van der Waals surface area contributed by atoms with Gasteiger partial charge in [-0.15, -0.1) is 0 Å². The van der Waals surface area contributed by atoms with Crippen molar-refractivity contribution in [3.63, 3.8) is 0 Å². The van der Waals surface area contributed by atoms with E-state index in [0.717, 1.165) is 89.2 Å². The van der Waals surface area contributed by atoms with Crippen LogP contribution < -0.4 is 4.74 Å². The Balaban J connectivity index is 0.000000144. The molecular formula is C115H129F2N17O3. The Morgan fingerprint density at radius 1 is 0.401 bits per heavy atom. The number of carbonyl (C=O) groups is 2. The highest BCUT2D eigenvalue weighted by atomic mass is 19.3. The van der Waals surface area contributed by atoms with Gasteiger partial charge in [-0.3, -0.25) is 38.0 Å². The summed E-state index contributed by atoms with van der Waals surface area (Å²) in [5, 5.41) is 43.9. The number of hydrogen-bond donors (Lipinski definition) is 0. The van der Waals surface area contributed by atoms with Crippen LogP contribution in [-0.2, 0) is 52.5 Å². The van der Waals surface area contributed by atoms with Crippen LogP contribution in [0.3, 0.4) is 0 Å². The smallest absolute Gasteiger partial charge is 0.264 e. The SMILES string of the molecule is CC(C)(C)c1cccc(C(=O)Cc2cccc(C#N)c2)c1.COc1ccc(-c2ccc3ccn(C(C)C)c3c2)cc1.Cc1cc2cc(-c3cnn(C)c3)c(C#N)cc2n1C(C)C.Cc1cc2cc(-c3cnn(C)c3)c(C(F)F)cc2n1C(C)C.Cc1cc2cc(-c3cnn(C)c3)ncc2n1C(C)C.Cn1cc(-c2ccc(C(=O)C(C)(C)C)cc2)cn1.Cn1cc(-c2cccc(C(C)(C)C)c2)cn1. The fourth-order valence-corrected chi connectivity index (χ4v) is 17.1. The molecule has 137 heavy (non-hydrogen) atoms. The van der Waals surface area contributed by atoms with Gasteiger partial charge < -0.3 is 23.0 Å². The van der Waals surface area contributed by atoms with Crippen molar-refractivity contribution in [1.29, 1.82) is 10.5 Å². The van der Waals surface area contributed by atoms with Gasteiger partial charge in [0.05, 0.1) is 78.8 Å². The number of benzene rings is 8. The van der Waals surface area contributed by atoms with Gasteiger partial charge in [0, 0.05) is 208 Å². The second-order valence-electron chi connectivity index (χ2n) is 39.3. The van der Waals surface area contributed by atoms with E-state index >= 15 is 0 Å². The largest absolute Gasteiger partial charge is 0.497 e. The number of rotatable bonds is 16. The van der Waals surface area contributed by atoms with Gasteiger partial charge in [0.1, 0.15) is 5.75 Å². The molecule has 0 fully saturated rings. The molecule has 0 spiro atoms. The normalized spacial score (nSPS) is 11.5. The number of nitriles is 2. The van der Waals surface area contributed by atoms with Crippen LogP contribution in [0.1, 0.15) is 219 Å². The fraction of sp³-hybridized carbons (Fsp3) is 0.304.